The van der Waals surface area contributed by atoms with Crippen LogP contribution in [0.1, 0.15) is 0 Å². The molecule has 0 amide bonds. The second-order valence-corrected chi connectivity index (χ2v) is 5.01. The third-order valence-corrected chi connectivity index (χ3v) is 2.03. The Balaban J connectivity index is 2.43. The first-order valence-corrected chi connectivity index (χ1v) is 5.41. The molecule has 0 spiro atoms. The Morgan fingerprint density at radius 3 is 2.44 bits per heavy atom. The van der Waals surface area contributed by atoms with Gasteiger partial charge in [-0.05, 0) is 18.1 Å². The predicted molar refractivity (Wildman–Crippen MR) is 65.0 cm³/mol. The molecule has 0 aromatic heterocycles. The molecule has 0 radical (unpaired) electrons. The van der Waals surface area contributed by atoms with E-state index < -0.39 is 9.58 Å². The SMILES string of the molecule is O=C(C#CCOc1ccccc1)C(Cl)(Cl)Cl. The van der Waals surface area contributed by atoms with Crippen LogP contribution >= 0.6 is 34.8 Å². The molecule has 0 fully saturated rings. The Morgan fingerprint density at radius 2 is 1.88 bits per heavy atom. The van der Waals surface area contributed by atoms with Crippen LogP contribution in [0.3, 0.4) is 0 Å². The molecule has 0 heterocycles. The van der Waals surface area contributed by atoms with Crippen LogP contribution in [0, 0.1) is 11.8 Å². The normalized spacial score (nSPS) is 10.2. The molecule has 1 rings (SSSR count). The Morgan fingerprint density at radius 1 is 1.25 bits per heavy atom. The van der Waals surface area contributed by atoms with Crippen LogP contribution in [0.2, 0.25) is 0 Å². The first kappa shape index (κ1) is 13.2. The van der Waals surface area contributed by atoms with Crippen molar-refractivity contribution in [3.8, 4) is 17.6 Å². The van der Waals surface area contributed by atoms with E-state index in [2.05, 4.69) is 11.8 Å². The summed E-state index contributed by atoms with van der Waals surface area (Å²) in [5.74, 6) is 4.54. The van der Waals surface area contributed by atoms with Gasteiger partial charge in [0, 0.05) is 0 Å². The van der Waals surface area contributed by atoms with Gasteiger partial charge in [0.15, 0.2) is 0 Å². The summed E-state index contributed by atoms with van der Waals surface area (Å²) in [5.41, 5.74) is 0. The molecule has 16 heavy (non-hydrogen) atoms. The molecule has 1 aromatic carbocycles. The number of hydrogen-bond acceptors (Lipinski definition) is 2. The number of ether oxygens (including phenoxy) is 1. The molecule has 0 atom stereocenters. The molecular weight excluding hydrogens is 270 g/mol. The zero-order valence-electron chi connectivity index (χ0n) is 8.04. The highest BCUT2D eigenvalue weighted by Crippen LogP contribution is 2.26. The summed E-state index contributed by atoms with van der Waals surface area (Å²) in [6.07, 6.45) is 0. The van der Waals surface area contributed by atoms with Crippen LogP contribution in [0.25, 0.3) is 0 Å². The molecule has 0 saturated carbocycles. The van der Waals surface area contributed by atoms with Gasteiger partial charge in [0.2, 0.25) is 0 Å². The number of rotatable bonds is 2. The quantitative estimate of drug-likeness (QED) is 0.472. The van der Waals surface area contributed by atoms with Crippen molar-refractivity contribution in [2.24, 2.45) is 0 Å². The minimum Gasteiger partial charge on any atom is -0.481 e. The summed E-state index contributed by atoms with van der Waals surface area (Å²) in [4.78, 5) is 11.1. The monoisotopic (exact) mass is 276 g/mol. The maximum atomic E-state index is 11.1. The molecule has 0 N–H and O–H groups in total. The Kier molecular flexibility index (Phi) is 4.95. The summed E-state index contributed by atoms with van der Waals surface area (Å²) in [7, 11) is 0. The molecule has 5 heteroatoms. The fourth-order valence-electron chi connectivity index (χ4n) is 0.823. The fourth-order valence-corrected chi connectivity index (χ4v) is 0.965. The smallest absolute Gasteiger partial charge is 0.261 e. The third-order valence-electron chi connectivity index (χ3n) is 1.51. The lowest BCUT2D eigenvalue weighted by Gasteiger charge is -2.02. The molecule has 0 aliphatic carbocycles. The second-order valence-electron chi connectivity index (χ2n) is 2.73. The number of ketones is 1. The van der Waals surface area contributed by atoms with Crippen LogP contribution in [-0.2, 0) is 4.79 Å². The number of alkyl halides is 3. The third kappa shape index (κ3) is 4.76. The van der Waals surface area contributed by atoms with Crippen molar-refractivity contribution < 1.29 is 9.53 Å². The van der Waals surface area contributed by atoms with E-state index in [4.69, 9.17) is 39.5 Å². The van der Waals surface area contributed by atoms with E-state index >= 15 is 0 Å². The van der Waals surface area contributed by atoms with Gasteiger partial charge in [-0.15, -0.1) is 0 Å². The van der Waals surface area contributed by atoms with Gasteiger partial charge in [0.05, 0.1) is 0 Å². The fraction of sp³-hybridized carbons (Fsp3) is 0.182. The summed E-state index contributed by atoms with van der Waals surface area (Å²) in [6.45, 7) is 0.0660. The maximum Gasteiger partial charge on any atom is 0.261 e. The lowest BCUT2D eigenvalue weighted by atomic mass is 10.3. The van der Waals surface area contributed by atoms with Crippen LogP contribution in [0.4, 0.5) is 0 Å². The molecule has 0 saturated heterocycles. The Labute approximate surface area is 108 Å². The summed E-state index contributed by atoms with van der Waals surface area (Å²) in [6, 6.07) is 9.08. The van der Waals surface area contributed by atoms with E-state index in [9.17, 15) is 4.79 Å². The van der Waals surface area contributed by atoms with Crippen molar-refractivity contribution in [1.29, 1.82) is 0 Å². The maximum absolute atomic E-state index is 11.1. The lowest BCUT2D eigenvalue weighted by Crippen LogP contribution is -2.16. The van der Waals surface area contributed by atoms with Crippen LogP contribution in [-0.4, -0.2) is 16.2 Å². The van der Waals surface area contributed by atoms with E-state index in [1.807, 2.05) is 18.2 Å². The van der Waals surface area contributed by atoms with Gasteiger partial charge in [-0.25, -0.2) is 0 Å². The Hall–Kier alpha value is -0.880. The van der Waals surface area contributed by atoms with Crippen molar-refractivity contribution in [3.05, 3.63) is 30.3 Å². The lowest BCUT2D eigenvalue weighted by molar-refractivity contribution is -0.113. The number of hydrogen-bond donors (Lipinski definition) is 0. The number of carbonyl (C=O) groups is 1. The molecule has 84 valence electrons. The van der Waals surface area contributed by atoms with E-state index in [-0.39, 0.29) is 6.61 Å². The number of Topliss-reactive ketones (excluding diaryl/α,β-unsaturated/α-hetero) is 1. The van der Waals surface area contributed by atoms with E-state index in [1.54, 1.807) is 12.1 Å². The molecular formula is C11H7Cl3O2. The van der Waals surface area contributed by atoms with Crippen molar-refractivity contribution in [3.63, 3.8) is 0 Å². The summed E-state index contributed by atoms with van der Waals surface area (Å²) in [5, 5.41) is 0. The van der Waals surface area contributed by atoms with Gasteiger partial charge in [-0.1, -0.05) is 58.9 Å². The van der Waals surface area contributed by atoms with E-state index in [1.165, 1.54) is 0 Å². The summed E-state index contributed by atoms with van der Waals surface area (Å²) >= 11 is 16.0. The highest BCUT2D eigenvalue weighted by Gasteiger charge is 2.28. The zero-order chi connectivity index (χ0) is 12.0. The van der Waals surface area contributed by atoms with Gasteiger partial charge in [0.25, 0.3) is 9.58 Å². The zero-order valence-corrected chi connectivity index (χ0v) is 10.3. The second kappa shape index (κ2) is 6.00. The largest absolute Gasteiger partial charge is 0.481 e. The van der Waals surface area contributed by atoms with E-state index in [0.29, 0.717) is 5.75 Å². The van der Waals surface area contributed by atoms with Gasteiger partial charge < -0.3 is 4.74 Å². The average molecular weight is 278 g/mol. The topological polar surface area (TPSA) is 26.3 Å². The number of para-hydroxylation sites is 1. The number of halogens is 3. The van der Waals surface area contributed by atoms with Gasteiger partial charge in [0.1, 0.15) is 12.4 Å². The van der Waals surface area contributed by atoms with Gasteiger partial charge in [-0.3, -0.25) is 4.79 Å². The highest BCUT2D eigenvalue weighted by molar-refractivity contribution is 6.77. The Bertz CT molecular complexity index is 412. The number of benzene rings is 1. The molecule has 2 nitrogen and oxygen atoms in total. The number of carbonyl (C=O) groups excluding carboxylic acids is 1. The van der Waals surface area contributed by atoms with Crippen molar-refractivity contribution >= 4 is 40.6 Å². The van der Waals surface area contributed by atoms with Crippen molar-refractivity contribution in [1.82, 2.24) is 0 Å². The van der Waals surface area contributed by atoms with Crippen LogP contribution < -0.4 is 4.74 Å². The molecule has 0 aliphatic heterocycles. The first-order valence-electron chi connectivity index (χ1n) is 4.28. The minimum atomic E-state index is -1.99. The molecule has 0 aliphatic rings. The van der Waals surface area contributed by atoms with Crippen LogP contribution in [0.5, 0.6) is 5.75 Å². The molecule has 1 aromatic rings. The van der Waals surface area contributed by atoms with Crippen molar-refractivity contribution in [2.75, 3.05) is 6.61 Å². The van der Waals surface area contributed by atoms with Crippen LogP contribution in [0.15, 0.2) is 30.3 Å². The minimum absolute atomic E-state index is 0.0660. The predicted octanol–water partition coefficient (Wildman–Crippen LogP) is 3.01. The highest BCUT2D eigenvalue weighted by atomic mass is 35.6. The van der Waals surface area contributed by atoms with Gasteiger partial charge >= 0.3 is 0 Å². The summed E-state index contributed by atoms with van der Waals surface area (Å²) < 4.78 is 3.23. The first-order chi connectivity index (χ1) is 7.50. The van der Waals surface area contributed by atoms with E-state index in [0.717, 1.165) is 0 Å². The average Bonchev–Trinajstić information content (AvgIpc) is 2.24. The van der Waals surface area contributed by atoms with Gasteiger partial charge in [-0.2, -0.15) is 0 Å². The van der Waals surface area contributed by atoms with Crippen molar-refractivity contribution in [2.45, 2.75) is 3.79 Å². The molecule has 0 bridgehead atoms. The standard InChI is InChI=1S/C11H7Cl3O2/c12-11(13,14)10(15)7-4-8-16-9-5-2-1-3-6-9/h1-3,5-6H,8H2. The molecule has 0 unspecified atom stereocenters.